The second kappa shape index (κ2) is 38.1. The van der Waals surface area contributed by atoms with Gasteiger partial charge in [0.25, 0.3) is 0 Å². The van der Waals surface area contributed by atoms with Gasteiger partial charge in [0.05, 0.1) is 6.10 Å². The molecule has 0 aromatic carbocycles. The zero-order valence-electron chi connectivity index (χ0n) is 30.3. The summed E-state index contributed by atoms with van der Waals surface area (Å²) in [5.74, 6) is 0. The molecule has 2 atom stereocenters. The van der Waals surface area contributed by atoms with Gasteiger partial charge < -0.3 is 15.2 Å². The minimum Gasteiger partial charge on any atom is -0.374 e. The third-order valence-corrected chi connectivity index (χ3v) is 9.41. The van der Waals surface area contributed by atoms with Gasteiger partial charge in [-0.1, -0.05) is 213 Å². The maximum absolute atomic E-state index is 6.32. The fourth-order valence-corrected chi connectivity index (χ4v) is 6.31. The van der Waals surface area contributed by atoms with Crippen molar-refractivity contribution < 1.29 is 9.47 Å². The van der Waals surface area contributed by atoms with Crippen LogP contribution in [0.2, 0.25) is 0 Å². The van der Waals surface area contributed by atoms with Gasteiger partial charge in [-0.2, -0.15) is 0 Å². The Bertz CT molecular complexity index is 485. The number of hydrogen-bond donors (Lipinski definition) is 1. The Morgan fingerprint density at radius 2 is 0.558 bits per heavy atom. The molecule has 0 saturated carbocycles. The van der Waals surface area contributed by atoms with Crippen molar-refractivity contribution in [2.75, 3.05) is 13.2 Å². The van der Waals surface area contributed by atoms with Gasteiger partial charge in [-0.15, -0.1) is 0 Å². The smallest absolute Gasteiger partial charge is 0.132 e. The molecule has 2 N–H and O–H groups in total. The highest BCUT2D eigenvalue weighted by Crippen LogP contribution is 2.16. The standard InChI is InChI=1S/C40H83NO2/c1-4-7-9-11-13-15-17-19-21-23-25-27-29-31-33-35-37-42-39(6-3)40(41)43-38-36-34-32-30-28-26-24-22-20-18-16-14-12-10-8-5-2/h39-40H,4-38,41H2,1-3H3. The summed E-state index contributed by atoms with van der Waals surface area (Å²) in [5, 5.41) is 0. The maximum atomic E-state index is 6.32. The number of hydrogen-bond acceptors (Lipinski definition) is 3. The molecule has 0 radical (unpaired) electrons. The van der Waals surface area contributed by atoms with Crippen molar-refractivity contribution in [2.45, 2.75) is 245 Å². The molecule has 0 rings (SSSR count). The predicted molar refractivity (Wildman–Crippen MR) is 193 cm³/mol. The molecule has 260 valence electrons. The second-order valence-electron chi connectivity index (χ2n) is 13.8. The van der Waals surface area contributed by atoms with Gasteiger partial charge in [-0.3, -0.25) is 0 Å². The molecule has 0 saturated heterocycles. The quantitative estimate of drug-likeness (QED) is 0.0559. The Morgan fingerprint density at radius 3 is 0.814 bits per heavy atom. The number of ether oxygens (including phenoxy) is 2. The Hall–Kier alpha value is -0.120. The van der Waals surface area contributed by atoms with Crippen molar-refractivity contribution in [3.8, 4) is 0 Å². The van der Waals surface area contributed by atoms with E-state index in [1.807, 2.05) is 0 Å². The third-order valence-electron chi connectivity index (χ3n) is 9.41. The van der Waals surface area contributed by atoms with E-state index in [-0.39, 0.29) is 12.3 Å². The van der Waals surface area contributed by atoms with Crippen LogP contribution in [0.15, 0.2) is 0 Å². The van der Waals surface area contributed by atoms with Crippen LogP contribution in [0.25, 0.3) is 0 Å². The van der Waals surface area contributed by atoms with E-state index in [0.717, 1.165) is 32.5 Å². The van der Waals surface area contributed by atoms with E-state index < -0.39 is 0 Å². The van der Waals surface area contributed by atoms with E-state index in [0.29, 0.717) is 0 Å². The summed E-state index contributed by atoms with van der Waals surface area (Å²) in [7, 11) is 0. The molecule has 43 heavy (non-hydrogen) atoms. The molecular formula is C40H83NO2. The number of nitrogens with two attached hydrogens (primary N) is 1. The summed E-state index contributed by atoms with van der Waals surface area (Å²) in [6, 6.07) is 0. The molecule has 0 aliphatic heterocycles. The monoisotopic (exact) mass is 610 g/mol. The van der Waals surface area contributed by atoms with Gasteiger partial charge in [-0.05, 0) is 19.3 Å². The topological polar surface area (TPSA) is 44.5 Å². The number of unbranched alkanes of at least 4 members (excludes halogenated alkanes) is 30. The summed E-state index contributed by atoms with van der Waals surface area (Å²) < 4.78 is 12.1. The van der Waals surface area contributed by atoms with Crippen molar-refractivity contribution in [2.24, 2.45) is 5.73 Å². The minimum absolute atomic E-state index is 0.0393. The Labute approximate surface area is 273 Å². The first-order valence-electron chi connectivity index (χ1n) is 20.2. The highest BCUT2D eigenvalue weighted by atomic mass is 16.5. The van der Waals surface area contributed by atoms with E-state index in [2.05, 4.69) is 20.8 Å². The molecule has 0 amide bonds. The first-order valence-corrected chi connectivity index (χ1v) is 20.2. The molecule has 0 aliphatic rings. The first kappa shape index (κ1) is 42.9. The average Bonchev–Trinajstić information content (AvgIpc) is 3.02. The molecule has 3 heteroatoms. The predicted octanol–water partition coefficient (Wildman–Crippen LogP) is 13.6. The molecule has 0 spiro atoms. The van der Waals surface area contributed by atoms with Crippen LogP contribution in [-0.4, -0.2) is 25.5 Å². The molecule has 0 bridgehead atoms. The van der Waals surface area contributed by atoms with Gasteiger partial charge in [0.15, 0.2) is 0 Å². The highest BCUT2D eigenvalue weighted by Gasteiger charge is 2.16. The van der Waals surface area contributed by atoms with Crippen molar-refractivity contribution in [3.63, 3.8) is 0 Å². The van der Waals surface area contributed by atoms with Gasteiger partial charge >= 0.3 is 0 Å². The molecule has 0 aromatic heterocycles. The lowest BCUT2D eigenvalue weighted by molar-refractivity contribution is -0.0733. The van der Waals surface area contributed by atoms with E-state index in [9.17, 15) is 0 Å². The van der Waals surface area contributed by atoms with Crippen LogP contribution in [0.4, 0.5) is 0 Å². The van der Waals surface area contributed by atoms with Gasteiger partial charge in [0, 0.05) is 13.2 Å². The summed E-state index contributed by atoms with van der Waals surface area (Å²) in [6.45, 7) is 8.36. The van der Waals surface area contributed by atoms with Gasteiger partial charge in [0.1, 0.15) is 6.23 Å². The van der Waals surface area contributed by atoms with Crippen molar-refractivity contribution >= 4 is 0 Å². The number of rotatable bonds is 38. The van der Waals surface area contributed by atoms with Crippen LogP contribution in [0.3, 0.4) is 0 Å². The fraction of sp³-hybridized carbons (Fsp3) is 1.00. The molecule has 0 heterocycles. The summed E-state index contributed by atoms with van der Waals surface area (Å²) in [6.07, 6.45) is 45.4. The molecule has 2 unspecified atom stereocenters. The lowest BCUT2D eigenvalue weighted by Crippen LogP contribution is -2.39. The van der Waals surface area contributed by atoms with Crippen molar-refractivity contribution in [1.29, 1.82) is 0 Å². The summed E-state index contributed by atoms with van der Waals surface area (Å²) in [4.78, 5) is 0. The van der Waals surface area contributed by atoms with E-state index in [1.165, 1.54) is 193 Å². The molecule has 0 aliphatic carbocycles. The Morgan fingerprint density at radius 1 is 0.326 bits per heavy atom. The molecular weight excluding hydrogens is 526 g/mol. The van der Waals surface area contributed by atoms with E-state index in [1.54, 1.807) is 0 Å². The average molecular weight is 610 g/mol. The van der Waals surface area contributed by atoms with Crippen molar-refractivity contribution in [3.05, 3.63) is 0 Å². The van der Waals surface area contributed by atoms with Crippen LogP contribution in [0, 0.1) is 0 Å². The largest absolute Gasteiger partial charge is 0.374 e. The molecule has 0 fully saturated rings. The molecule has 0 aromatic rings. The minimum atomic E-state index is -0.276. The Kier molecular flexibility index (Phi) is 38.0. The maximum Gasteiger partial charge on any atom is 0.132 e. The zero-order valence-corrected chi connectivity index (χ0v) is 30.3. The van der Waals surface area contributed by atoms with E-state index in [4.69, 9.17) is 15.2 Å². The second-order valence-corrected chi connectivity index (χ2v) is 13.8. The van der Waals surface area contributed by atoms with Gasteiger partial charge in [0.2, 0.25) is 0 Å². The van der Waals surface area contributed by atoms with Crippen LogP contribution < -0.4 is 5.73 Å². The van der Waals surface area contributed by atoms with Crippen LogP contribution in [0.5, 0.6) is 0 Å². The summed E-state index contributed by atoms with van der Waals surface area (Å²) in [5.41, 5.74) is 6.32. The fourth-order valence-electron chi connectivity index (χ4n) is 6.31. The SMILES string of the molecule is CCCCCCCCCCCCCCCCCCOC(N)C(CC)OCCCCCCCCCCCCCCCCCC. The van der Waals surface area contributed by atoms with Crippen LogP contribution in [-0.2, 0) is 9.47 Å². The lowest BCUT2D eigenvalue weighted by atomic mass is 10.0. The lowest BCUT2D eigenvalue weighted by Gasteiger charge is -2.23. The normalized spacial score (nSPS) is 13.1. The van der Waals surface area contributed by atoms with E-state index >= 15 is 0 Å². The summed E-state index contributed by atoms with van der Waals surface area (Å²) >= 11 is 0. The molecule has 3 nitrogen and oxygen atoms in total. The van der Waals surface area contributed by atoms with Gasteiger partial charge in [-0.25, -0.2) is 0 Å². The van der Waals surface area contributed by atoms with Crippen LogP contribution in [0.1, 0.15) is 233 Å². The zero-order chi connectivity index (χ0) is 31.3. The first-order chi connectivity index (χ1) is 21.3. The third kappa shape index (κ3) is 34.6. The highest BCUT2D eigenvalue weighted by molar-refractivity contribution is 4.63. The van der Waals surface area contributed by atoms with Crippen molar-refractivity contribution in [1.82, 2.24) is 0 Å². The Balaban J connectivity index is 3.36. The van der Waals surface area contributed by atoms with Crippen LogP contribution >= 0.6 is 0 Å².